The Bertz CT molecular complexity index is 1890. The summed E-state index contributed by atoms with van der Waals surface area (Å²) in [6.45, 7) is 4.02. The van der Waals surface area contributed by atoms with Gasteiger partial charge < -0.3 is 16.0 Å². The molecule has 0 aromatic heterocycles. The summed E-state index contributed by atoms with van der Waals surface area (Å²) in [5.41, 5.74) is 4.54. The number of halogens is 1. The lowest BCUT2D eigenvalue weighted by atomic mass is 10.1. The van der Waals surface area contributed by atoms with Crippen LogP contribution in [0, 0.1) is 19.7 Å². The smallest absolute Gasteiger partial charge is 0.272 e. The van der Waals surface area contributed by atoms with E-state index in [1.54, 1.807) is 60.7 Å². The molecular weight excluding hydrogens is 598 g/mol. The van der Waals surface area contributed by atoms with E-state index in [1.165, 1.54) is 30.0 Å². The molecule has 0 fully saturated rings. The molecule has 0 radical (unpaired) electrons. The van der Waals surface area contributed by atoms with Crippen LogP contribution in [0.1, 0.15) is 37.9 Å². The van der Waals surface area contributed by atoms with Gasteiger partial charge in [0.2, 0.25) is 5.91 Å². The number of hydrogen-bond donors (Lipinski definition) is 3. The Morgan fingerprint density at radius 1 is 0.696 bits per heavy atom. The zero-order chi connectivity index (χ0) is 32.5. The van der Waals surface area contributed by atoms with Gasteiger partial charge in [-0.25, -0.2) is 4.39 Å². The van der Waals surface area contributed by atoms with Crippen molar-refractivity contribution < 1.29 is 18.8 Å². The molecule has 5 aromatic carbocycles. The molecule has 3 amide bonds. The molecule has 0 bridgehead atoms. The van der Waals surface area contributed by atoms with Gasteiger partial charge in [-0.2, -0.15) is 0 Å². The van der Waals surface area contributed by atoms with Gasteiger partial charge in [-0.15, -0.1) is 11.8 Å². The lowest BCUT2D eigenvalue weighted by Gasteiger charge is -2.18. The minimum absolute atomic E-state index is 0.132. The van der Waals surface area contributed by atoms with Crippen LogP contribution in [-0.4, -0.2) is 17.7 Å². The number of nitrogens with one attached hydrogen (secondary N) is 3. The van der Waals surface area contributed by atoms with Gasteiger partial charge in [-0.1, -0.05) is 78.9 Å². The van der Waals surface area contributed by atoms with Crippen molar-refractivity contribution in [3.63, 3.8) is 0 Å². The molecule has 0 saturated carbocycles. The van der Waals surface area contributed by atoms with Crippen LogP contribution in [0.4, 0.5) is 15.8 Å². The molecule has 8 heteroatoms. The maximum atomic E-state index is 14.5. The van der Waals surface area contributed by atoms with Crippen LogP contribution in [0.2, 0.25) is 0 Å². The van der Waals surface area contributed by atoms with Crippen LogP contribution in [0.25, 0.3) is 6.08 Å². The second-order valence-electron chi connectivity index (χ2n) is 10.6. The summed E-state index contributed by atoms with van der Waals surface area (Å²) in [5.74, 6) is -1.87. The highest BCUT2D eigenvalue weighted by atomic mass is 32.2. The molecule has 6 nitrogen and oxygen atoms in total. The largest absolute Gasteiger partial charge is 0.325 e. The molecule has 0 aliphatic carbocycles. The standard InChI is InChI=1S/C38H32FN3O3S/c1-25-20-21-31(22-26(25)2)41-38(45)35(27-12-5-3-6-13-27)46-32-18-11-17-30(24-32)40-37(44)34(23-29-16-9-10-19-33(29)39)42-36(43)28-14-7-4-8-15-28/h3-24,35H,1-2H3,(H,40,44)(H,41,45)(H,42,43)/b34-23-. The zero-order valence-corrected chi connectivity index (χ0v) is 26.1. The molecule has 1 unspecified atom stereocenters. The zero-order valence-electron chi connectivity index (χ0n) is 25.3. The molecule has 5 rings (SSSR count). The molecule has 230 valence electrons. The van der Waals surface area contributed by atoms with Crippen LogP contribution in [0.5, 0.6) is 0 Å². The number of aryl methyl sites for hydroxylation is 2. The Balaban J connectivity index is 1.38. The van der Waals surface area contributed by atoms with Gasteiger partial charge in [0.25, 0.3) is 11.8 Å². The van der Waals surface area contributed by atoms with E-state index in [0.717, 1.165) is 21.6 Å². The Morgan fingerprint density at radius 3 is 2.09 bits per heavy atom. The molecule has 0 spiro atoms. The van der Waals surface area contributed by atoms with E-state index in [2.05, 4.69) is 16.0 Å². The molecule has 0 heterocycles. The topological polar surface area (TPSA) is 87.3 Å². The highest BCUT2D eigenvalue weighted by Crippen LogP contribution is 2.37. The van der Waals surface area contributed by atoms with Crippen LogP contribution < -0.4 is 16.0 Å². The van der Waals surface area contributed by atoms with E-state index < -0.39 is 22.9 Å². The maximum Gasteiger partial charge on any atom is 0.272 e. The third kappa shape index (κ3) is 8.37. The number of carbonyl (C=O) groups is 3. The number of amides is 3. The second kappa shape index (κ2) is 15.0. The van der Waals surface area contributed by atoms with Crippen molar-refractivity contribution in [1.82, 2.24) is 5.32 Å². The Hall–Kier alpha value is -5.47. The van der Waals surface area contributed by atoms with E-state index in [0.29, 0.717) is 16.9 Å². The van der Waals surface area contributed by atoms with Gasteiger partial charge in [-0.3, -0.25) is 14.4 Å². The maximum absolute atomic E-state index is 14.5. The van der Waals surface area contributed by atoms with Crippen LogP contribution in [-0.2, 0) is 9.59 Å². The first kappa shape index (κ1) is 31.9. The van der Waals surface area contributed by atoms with E-state index in [1.807, 2.05) is 68.4 Å². The normalized spacial score (nSPS) is 11.8. The minimum Gasteiger partial charge on any atom is -0.325 e. The van der Waals surface area contributed by atoms with Crippen molar-refractivity contribution in [2.24, 2.45) is 0 Å². The molecule has 1 atom stereocenters. The van der Waals surface area contributed by atoms with E-state index in [-0.39, 0.29) is 17.2 Å². The highest BCUT2D eigenvalue weighted by molar-refractivity contribution is 8.00. The van der Waals surface area contributed by atoms with Gasteiger partial charge in [0.05, 0.1) is 0 Å². The van der Waals surface area contributed by atoms with Gasteiger partial charge >= 0.3 is 0 Å². The molecule has 0 aliphatic heterocycles. The average Bonchev–Trinajstić information content (AvgIpc) is 3.07. The lowest BCUT2D eigenvalue weighted by molar-refractivity contribution is -0.116. The van der Waals surface area contributed by atoms with Crippen LogP contribution in [0.3, 0.4) is 0 Å². The lowest BCUT2D eigenvalue weighted by Crippen LogP contribution is -2.30. The van der Waals surface area contributed by atoms with E-state index >= 15 is 0 Å². The predicted molar refractivity (Wildman–Crippen MR) is 183 cm³/mol. The number of anilines is 2. The van der Waals surface area contributed by atoms with E-state index in [9.17, 15) is 18.8 Å². The fraction of sp³-hybridized carbons (Fsp3) is 0.0789. The van der Waals surface area contributed by atoms with Crippen molar-refractivity contribution in [2.75, 3.05) is 10.6 Å². The Kier molecular flexibility index (Phi) is 10.4. The number of hydrogen-bond acceptors (Lipinski definition) is 4. The first-order chi connectivity index (χ1) is 22.3. The van der Waals surface area contributed by atoms with Crippen LogP contribution >= 0.6 is 11.8 Å². The SMILES string of the molecule is Cc1ccc(NC(=O)C(Sc2cccc(NC(=O)/C(=C/c3ccccc3F)NC(=O)c3ccccc3)c2)c2ccccc2)cc1C. The van der Waals surface area contributed by atoms with Gasteiger partial charge in [0, 0.05) is 27.4 Å². The average molecular weight is 630 g/mol. The Labute approximate surface area is 271 Å². The van der Waals surface area contributed by atoms with Gasteiger partial charge in [0.1, 0.15) is 16.8 Å². The number of rotatable bonds is 10. The summed E-state index contributed by atoms with van der Waals surface area (Å²) in [6.07, 6.45) is 1.30. The van der Waals surface area contributed by atoms with Crippen molar-refractivity contribution in [1.29, 1.82) is 0 Å². The van der Waals surface area contributed by atoms with E-state index in [4.69, 9.17) is 0 Å². The minimum atomic E-state index is -0.637. The monoisotopic (exact) mass is 629 g/mol. The highest BCUT2D eigenvalue weighted by Gasteiger charge is 2.23. The third-order valence-electron chi connectivity index (χ3n) is 7.19. The predicted octanol–water partition coefficient (Wildman–Crippen LogP) is 8.32. The third-order valence-corrected chi connectivity index (χ3v) is 8.44. The first-order valence-corrected chi connectivity index (χ1v) is 15.5. The quantitative estimate of drug-likeness (QED) is 0.107. The van der Waals surface area contributed by atoms with Crippen LogP contribution in [0.15, 0.2) is 138 Å². The molecule has 0 saturated heterocycles. The summed E-state index contributed by atoms with van der Waals surface area (Å²) >= 11 is 1.34. The molecule has 3 N–H and O–H groups in total. The second-order valence-corrected chi connectivity index (χ2v) is 11.8. The Morgan fingerprint density at radius 2 is 1.37 bits per heavy atom. The summed E-state index contributed by atoms with van der Waals surface area (Å²) in [5, 5.41) is 7.90. The summed E-state index contributed by atoms with van der Waals surface area (Å²) in [7, 11) is 0. The molecule has 5 aromatic rings. The summed E-state index contributed by atoms with van der Waals surface area (Å²) in [4.78, 5) is 40.8. The number of carbonyl (C=O) groups excluding carboxylic acids is 3. The van der Waals surface area contributed by atoms with Gasteiger partial charge in [0.15, 0.2) is 0 Å². The van der Waals surface area contributed by atoms with Crippen molar-refractivity contribution >= 4 is 46.9 Å². The summed E-state index contributed by atoms with van der Waals surface area (Å²) < 4.78 is 14.5. The van der Waals surface area contributed by atoms with Crippen molar-refractivity contribution in [3.8, 4) is 0 Å². The number of thioether (sulfide) groups is 1. The first-order valence-electron chi connectivity index (χ1n) is 14.6. The van der Waals surface area contributed by atoms with Gasteiger partial charge in [-0.05, 0) is 85.1 Å². The molecule has 0 aliphatic rings. The molecule has 46 heavy (non-hydrogen) atoms. The van der Waals surface area contributed by atoms with Crippen molar-refractivity contribution in [2.45, 2.75) is 24.0 Å². The fourth-order valence-corrected chi connectivity index (χ4v) is 5.68. The molecular formula is C38H32FN3O3S. The van der Waals surface area contributed by atoms with Crippen molar-refractivity contribution in [3.05, 3.63) is 167 Å². The number of benzene rings is 5. The summed E-state index contributed by atoms with van der Waals surface area (Å²) in [6, 6.07) is 36.8. The fourth-order valence-electron chi connectivity index (χ4n) is 4.60.